The molecule has 0 aliphatic carbocycles. The van der Waals surface area contributed by atoms with Crippen LogP contribution in [0.1, 0.15) is 32.1 Å². The van der Waals surface area contributed by atoms with E-state index in [4.69, 9.17) is 0 Å². The lowest BCUT2D eigenvalue weighted by Gasteiger charge is -2.16. The molecular weight excluding hydrogens is 400 g/mol. The van der Waals surface area contributed by atoms with Crippen molar-refractivity contribution in [3.63, 3.8) is 0 Å². The number of hydrogen-bond acceptors (Lipinski definition) is 8. The average molecular weight is 431 g/mol. The standard InChI is InChI=1S/C20H30N8O3/c29-13-7-21-18-17-19(28(14-23-17)12-11-27-9-2-5-16(27)31)25-20(24-18)22-6-3-10-26-8-1-4-15(26)30/h14,29H,1-13H2,(H2,21,22,24,25). The largest absolute Gasteiger partial charge is 0.395 e. The second-order valence-corrected chi connectivity index (χ2v) is 7.91. The van der Waals surface area contributed by atoms with Gasteiger partial charge in [-0.3, -0.25) is 9.59 Å². The van der Waals surface area contributed by atoms with Gasteiger partial charge in [0, 0.05) is 58.7 Å². The third kappa shape index (κ3) is 5.04. The molecule has 0 spiro atoms. The molecule has 2 amide bonds. The van der Waals surface area contributed by atoms with Gasteiger partial charge in [-0.25, -0.2) is 4.98 Å². The maximum absolute atomic E-state index is 11.9. The van der Waals surface area contributed by atoms with Crippen LogP contribution in [0.2, 0.25) is 0 Å². The molecule has 0 unspecified atom stereocenters. The van der Waals surface area contributed by atoms with Gasteiger partial charge in [0.1, 0.15) is 0 Å². The lowest BCUT2D eigenvalue weighted by Crippen LogP contribution is -2.28. The third-order valence-corrected chi connectivity index (χ3v) is 5.71. The normalized spacial score (nSPS) is 16.7. The fourth-order valence-corrected chi connectivity index (χ4v) is 4.06. The monoisotopic (exact) mass is 430 g/mol. The van der Waals surface area contributed by atoms with Crippen LogP contribution in [-0.4, -0.2) is 92.1 Å². The molecule has 4 heterocycles. The highest BCUT2D eigenvalue weighted by molar-refractivity contribution is 5.84. The topological polar surface area (TPSA) is 129 Å². The number of likely N-dealkylation sites (tertiary alicyclic amines) is 2. The minimum atomic E-state index is -0.0180. The number of nitrogens with zero attached hydrogens (tertiary/aromatic N) is 6. The van der Waals surface area contributed by atoms with Gasteiger partial charge in [-0.1, -0.05) is 0 Å². The molecule has 4 rings (SSSR count). The Bertz CT molecular complexity index is 931. The van der Waals surface area contributed by atoms with Crippen LogP contribution in [0.25, 0.3) is 11.2 Å². The summed E-state index contributed by atoms with van der Waals surface area (Å²) in [4.78, 5) is 41.0. The van der Waals surface area contributed by atoms with Crippen molar-refractivity contribution in [2.45, 2.75) is 38.6 Å². The van der Waals surface area contributed by atoms with E-state index in [1.165, 1.54) is 0 Å². The second kappa shape index (κ2) is 9.90. The van der Waals surface area contributed by atoms with E-state index in [9.17, 15) is 14.7 Å². The Morgan fingerprint density at radius 2 is 1.68 bits per heavy atom. The minimum absolute atomic E-state index is 0.0180. The van der Waals surface area contributed by atoms with Crippen LogP contribution in [0.4, 0.5) is 11.8 Å². The van der Waals surface area contributed by atoms with Crippen LogP contribution in [0.3, 0.4) is 0 Å². The number of carbonyl (C=O) groups is 2. The predicted molar refractivity (Wildman–Crippen MR) is 116 cm³/mol. The van der Waals surface area contributed by atoms with Crippen molar-refractivity contribution in [2.24, 2.45) is 0 Å². The average Bonchev–Trinajstić information content (AvgIpc) is 3.48. The van der Waals surface area contributed by atoms with E-state index in [2.05, 4.69) is 25.6 Å². The van der Waals surface area contributed by atoms with Crippen molar-refractivity contribution in [1.82, 2.24) is 29.3 Å². The van der Waals surface area contributed by atoms with Crippen molar-refractivity contribution in [2.75, 3.05) is 56.5 Å². The van der Waals surface area contributed by atoms with E-state index in [-0.39, 0.29) is 18.4 Å². The van der Waals surface area contributed by atoms with Crippen LogP contribution in [0.5, 0.6) is 0 Å². The molecule has 11 nitrogen and oxygen atoms in total. The number of imidazole rings is 1. The Morgan fingerprint density at radius 3 is 2.35 bits per heavy atom. The molecule has 2 aromatic rings. The molecule has 0 radical (unpaired) electrons. The summed E-state index contributed by atoms with van der Waals surface area (Å²) in [6.07, 6.45) is 5.66. The molecule has 0 bridgehead atoms. The fourth-order valence-electron chi connectivity index (χ4n) is 4.06. The smallest absolute Gasteiger partial charge is 0.226 e. The molecule has 0 atom stereocenters. The molecule has 2 aliphatic heterocycles. The zero-order valence-electron chi connectivity index (χ0n) is 17.7. The first-order valence-electron chi connectivity index (χ1n) is 11.0. The van der Waals surface area contributed by atoms with E-state index >= 15 is 0 Å². The molecule has 2 fully saturated rings. The van der Waals surface area contributed by atoms with Crippen LogP contribution < -0.4 is 10.6 Å². The highest BCUT2D eigenvalue weighted by Crippen LogP contribution is 2.21. The number of carbonyl (C=O) groups excluding carboxylic acids is 2. The number of aromatic nitrogens is 4. The van der Waals surface area contributed by atoms with Crippen molar-refractivity contribution in [3.8, 4) is 0 Å². The van der Waals surface area contributed by atoms with Gasteiger partial charge in [0.25, 0.3) is 0 Å². The van der Waals surface area contributed by atoms with E-state index in [0.29, 0.717) is 62.0 Å². The van der Waals surface area contributed by atoms with Crippen LogP contribution in [-0.2, 0) is 16.1 Å². The summed E-state index contributed by atoms with van der Waals surface area (Å²) in [5.41, 5.74) is 1.31. The lowest BCUT2D eigenvalue weighted by atomic mass is 10.4. The summed E-state index contributed by atoms with van der Waals surface area (Å²) < 4.78 is 1.93. The van der Waals surface area contributed by atoms with E-state index < -0.39 is 0 Å². The molecular formula is C20H30N8O3. The maximum Gasteiger partial charge on any atom is 0.226 e. The molecule has 3 N–H and O–H groups in total. The van der Waals surface area contributed by atoms with Gasteiger partial charge in [-0.2, -0.15) is 9.97 Å². The predicted octanol–water partition coefficient (Wildman–Crippen LogP) is 0.277. The van der Waals surface area contributed by atoms with Gasteiger partial charge < -0.3 is 30.1 Å². The first-order valence-corrected chi connectivity index (χ1v) is 11.0. The Kier molecular flexibility index (Phi) is 6.80. The number of fused-ring (bicyclic) bond motifs is 1. The summed E-state index contributed by atoms with van der Waals surface area (Å²) in [6, 6.07) is 0. The van der Waals surface area contributed by atoms with Gasteiger partial charge in [-0.15, -0.1) is 0 Å². The first kappa shape index (κ1) is 21.3. The zero-order valence-corrected chi connectivity index (χ0v) is 17.7. The quantitative estimate of drug-likeness (QED) is 0.434. The second-order valence-electron chi connectivity index (χ2n) is 7.91. The Hall–Kier alpha value is -2.95. The molecule has 2 aromatic heterocycles. The third-order valence-electron chi connectivity index (χ3n) is 5.71. The number of anilines is 2. The number of nitrogens with one attached hydrogen (secondary N) is 2. The molecule has 2 saturated heterocycles. The van der Waals surface area contributed by atoms with Crippen LogP contribution >= 0.6 is 0 Å². The molecule has 31 heavy (non-hydrogen) atoms. The number of aliphatic hydroxyl groups is 1. The van der Waals surface area contributed by atoms with Crippen LogP contribution in [0.15, 0.2) is 6.33 Å². The highest BCUT2D eigenvalue weighted by atomic mass is 16.3. The van der Waals surface area contributed by atoms with Gasteiger partial charge in [0.2, 0.25) is 17.8 Å². The van der Waals surface area contributed by atoms with Gasteiger partial charge in [0.05, 0.1) is 12.9 Å². The summed E-state index contributed by atoms with van der Waals surface area (Å²) in [6.45, 7) is 4.59. The number of hydrogen-bond donors (Lipinski definition) is 3. The van der Waals surface area contributed by atoms with E-state index in [1.54, 1.807) is 6.33 Å². The zero-order chi connectivity index (χ0) is 21.6. The van der Waals surface area contributed by atoms with Crippen LogP contribution in [0, 0.1) is 0 Å². The van der Waals surface area contributed by atoms with Gasteiger partial charge in [-0.05, 0) is 19.3 Å². The molecule has 2 aliphatic rings. The summed E-state index contributed by atoms with van der Waals surface area (Å²) >= 11 is 0. The summed E-state index contributed by atoms with van der Waals surface area (Å²) in [5, 5.41) is 15.5. The minimum Gasteiger partial charge on any atom is -0.395 e. The molecule has 0 saturated carbocycles. The highest BCUT2D eigenvalue weighted by Gasteiger charge is 2.21. The number of amides is 2. The van der Waals surface area contributed by atoms with E-state index in [0.717, 1.165) is 38.9 Å². The summed E-state index contributed by atoms with van der Waals surface area (Å²) in [5.74, 6) is 1.46. The number of aliphatic hydroxyl groups excluding tert-OH is 1. The summed E-state index contributed by atoms with van der Waals surface area (Å²) in [7, 11) is 0. The van der Waals surface area contributed by atoms with Crippen molar-refractivity contribution in [1.29, 1.82) is 0 Å². The Balaban J connectivity index is 1.43. The fraction of sp³-hybridized carbons (Fsp3) is 0.650. The Labute approximate surface area is 180 Å². The first-order chi connectivity index (χ1) is 15.2. The van der Waals surface area contributed by atoms with Gasteiger partial charge in [0.15, 0.2) is 17.0 Å². The van der Waals surface area contributed by atoms with Crippen molar-refractivity contribution < 1.29 is 14.7 Å². The number of rotatable bonds is 11. The SMILES string of the molecule is O=C1CCCN1CCCNc1nc(NCCO)c2ncn(CCN3CCCC3=O)c2n1. The molecule has 168 valence electrons. The molecule has 0 aromatic carbocycles. The maximum atomic E-state index is 11.9. The van der Waals surface area contributed by atoms with Crippen molar-refractivity contribution >= 4 is 34.7 Å². The van der Waals surface area contributed by atoms with Gasteiger partial charge >= 0.3 is 0 Å². The van der Waals surface area contributed by atoms with Crippen molar-refractivity contribution in [3.05, 3.63) is 6.33 Å². The lowest BCUT2D eigenvalue weighted by molar-refractivity contribution is -0.128. The Morgan fingerprint density at radius 1 is 0.935 bits per heavy atom. The van der Waals surface area contributed by atoms with E-state index in [1.807, 2.05) is 14.4 Å². The molecule has 11 heteroatoms.